The highest BCUT2D eigenvalue weighted by Gasteiger charge is 2.29. The second-order valence-corrected chi connectivity index (χ2v) is 9.95. The normalized spacial score (nSPS) is 13.3. The van der Waals surface area contributed by atoms with E-state index in [1.54, 1.807) is 46.6 Å². The monoisotopic (exact) mass is 558 g/mol. The van der Waals surface area contributed by atoms with Crippen LogP contribution in [-0.4, -0.2) is 59.6 Å². The molecule has 7 nitrogen and oxygen atoms in total. The standard InChI is InChI=1S/C32H32F2N4O3/c1-4-22-6-5-7-25(18-22)35-32(40)37-16-14-36(15-17-37)31(39)27-20-30(23-8-11-26(41-3)12-9-23)38(21(27)2)29-13-10-24(33)19-28(29)34/h5-13,18-20H,4,14-17H2,1-3H3,(H,35,40). The van der Waals surface area contributed by atoms with Crippen LogP contribution < -0.4 is 10.1 Å². The van der Waals surface area contributed by atoms with Gasteiger partial charge in [0.2, 0.25) is 0 Å². The number of halogens is 2. The zero-order valence-electron chi connectivity index (χ0n) is 23.3. The van der Waals surface area contributed by atoms with E-state index in [-0.39, 0.29) is 17.6 Å². The largest absolute Gasteiger partial charge is 0.497 e. The summed E-state index contributed by atoms with van der Waals surface area (Å²) >= 11 is 0. The molecule has 1 aromatic heterocycles. The highest BCUT2D eigenvalue weighted by atomic mass is 19.1. The van der Waals surface area contributed by atoms with Crippen molar-refractivity contribution in [2.45, 2.75) is 20.3 Å². The number of hydrogen-bond acceptors (Lipinski definition) is 3. The number of aryl methyl sites for hydroxylation is 1. The van der Waals surface area contributed by atoms with Crippen LogP contribution in [-0.2, 0) is 6.42 Å². The van der Waals surface area contributed by atoms with Crippen LogP contribution in [0.1, 0.15) is 28.5 Å². The molecule has 0 atom stereocenters. The van der Waals surface area contributed by atoms with Gasteiger partial charge in [0.15, 0.2) is 0 Å². The fourth-order valence-corrected chi connectivity index (χ4v) is 5.13. The molecule has 0 unspecified atom stereocenters. The van der Waals surface area contributed by atoms with E-state index in [9.17, 15) is 18.4 Å². The molecule has 41 heavy (non-hydrogen) atoms. The molecular formula is C32H32F2N4O3. The van der Waals surface area contributed by atoms with E-state index in [1.807, 2.05) is 36.4 Å². The zero-order chi connectivity index (χ0) is 29.1. The minimum absolute atomic E-state index is 0.141. The smallest absolute Gasteiger partial charge is 0.321 e. The number of ether oxygens (including phenoxy) is 1. The summed E-state index contributed by atoms with van der Waals surface area (Å²) in [7, 11) is 1.57. The van der Waals surface area contributed by atoms with E-state index in [0.29, 0.717) is 48.9 Å². The molecule has 1 aliphatic heterocycles. The molecule has 2 heterocycles. The first-order chi connectivity index (χ1) is 19.8. The van der Waals surface area contributed by atoms with Gasteiger partial charge in [0.05, 0.1) is 24.1 Å². The van der Waals surface area contributed by atoms with Gasteiger partial charge in [0, 0.05) is 43.6 Å². The Morgan fingerprint density at radius 2 is 1.61 bits per heavy atom. The first-order valence-corrected chi connectivity index (χ1v) is 13.6. The van der Waals surface area contributed by atoms with Gasteiger partial charge in [-0.05, 0) is 79.1 Å². The van der Waals surface area contributed by atoms with Crippen molar-refractivity contribution in [3.05, 3.63) is 101 Å². The number of rotatable bonds is 6. The Bertz CT molecular complexity index is 1570. The van der Waals surface area contributed by atoms with Gasteiger partial charge in [-0.15, -0.1) is 0 Å². The number of aromatic nitrogens is 1. The van der Waals surface area contributed by atoms with Crippen molar-refractivity contribution in [1.29, 1.82) is 0 Å². The summed E-state index contributed by atoms with van der Waals surface area (Å²) in [5, 5.41) is 2.94. The van der Waals surface area contributed by atoms with Gasteiger partial charge in [0.1, 0.15) is 17.4 Å². The van der Waals surface area contributed by atoms with Crippen molar-refractivity contribution in [3.8, 4) is 22.7 Å². The quantitative estimate of drug-likeness (QED) is 0.302. The summed E-state index contributed by atoms with van der Waals surface area (Å²) in [6.45, 7) is 5.27. The fourth-order valence-electron chi connectivity index (χ4n) is 5.13. The average molecular weight is 559 g/mol. The topological polar surface area (TPSA) is 66.8 Å². The Morgan fingerprint density at radius 3 is 2.27 bits per heavy atom. The molecule has 9 heteroatoms. The number of piperazine rings is 1. The SMILES string of the molecule is CCc1cccc(NC(=O)N2CCN(C(=O)c3cc(-c4ccc(OC)cc4)n(-c4ccc(F)cc4F)c3C)CC2)c1. The number of carbonyl (C=O) groups is 2. The van der Waals surface area contributed by atoms with Crippen LogP contribution in [0.5, 0.6) is 5.75 Å². The second-order valence-electron chi connectivity index (χ2n) is 9.95. The summed E-state index contributed by atoms with van der Waals surface area (Å²) in [4.78, 5) is 30.0. The zero-order valence-corrected chi connectivity index (χ0v) is 23.3. The van der Waals surface area contributed by atoms with Gasteiger partial charge in [-0.25, -0.2) is 13.6 Å². The van der Waals surface area contributed by atoms with Crippen molar-refractivity contribution < 1.29 is 23.1 Å². The van der Waals surface area contributed by atoms with Crippen LogP contribution in [0.25, 0.3) is 16.9 Å². The van der Waals surface area contributed by atoms with E-state index >= 15 is 0 Å². The highest BCUT2D eigenvalue weighted by molar-refractivity contribution is 5.98. The van der Waals surface area contributed by atoms with Crippen molar-refractivity contribution in [2.24, 2.45) is 0 Å². The molecule has 1 N–H and O–H groups in total. The van der Waals surface area contributed by atoms with Gasteiger partial charge in [-0.2, -0.15) is 0 Å². The van der Waals surface area contributed by atoms with Gasteiger partial charge in [-0.1, -0.05) is 19.1 Å². The Morgan fingerprint density at radius 1 is 0.902 bits per heavy atom. The molecule has 3 amide bonds. The molecule has 0 spiro atoms. The molecule has 1 aliphatic rings. The number of urea groups is 1. The first kappa shape index (κ1) is 27.9. The number of carbonyl (C=O) groups excluding carboxylic acids is 2. The summed E-state index contributed by atoms with van der Waals surface area (Å²) in [5.41, 5.74) is 4.29. The van der Waals surface area contributed by atoms with Gasteiger partial charge in [-0.3, -0.25) is 4.79 Å². The Hall–Kier alpha value is -4.66. The summed E-state index contributed by atoms with van der Waals surface area (Å²) in [6.07, 6.45) is 0.875. The predicted octanol–water partition coefficient (Wildman–Crippen LogP) is 6.29. The number of methoxy groups -OCH3 is 1. The van der Waals surface area contributed by atoms with E-state index < -0.39 is 11.6 Å². The third kappa shape index (κ3) is 5.79. The second kappa shape index (κ2) is 11.8. The maximum Gasteiger partial charge on any atom is 0.321 e. The maximum atomic E-state index is 15.0. The molecule has 5 rings (SSSR count). The summed E-state index contributed by atoms with van der Waals surface area (Å²) in [6, 6.07) is 19.9. The molecule has 0 saturated carbocycles. The number of amides is 3. The lowest BCUT2D eigenvalue weighted by Crippen LogP contribution is -2.51. The van der Waals surface area contributed by atoms with E-state index in [2.05, 4.69) is 12.2 Å². The number of nitrogens with zero attached hydrogens (tertiary/aromatic N) is 3. The van der Waals surface area contributed by atoms with E-state index in [1.165, 1.54) is 12.1 Å². The minimum atomic E-state index is -0.735. The number of hydrogen-bond donors (Lipinski definition) is 1. The lowest BCUT2D eigenvalue weighted by atomic mass is 10.1. The van der Waals surface area contributed by atoms with Gasteiger partial charge >= 0.3 is 6.03 Å². The van der Waals surface area contributed by atoms with Crippen molar-refractivity contribution in [3.63, 3.8) is 0 Å². The molecule has 3 aromatic carbocycles. The fraction of sp³-hybridized carbons (Fsp3) is 0.250. The lowest BCUT2D eigenvalue weighted by molar-refractivity contribution is 0.0671. The number of nitrogens with one attached hydrogen (secondary N) is 1. The van der Waals surface area contributed by atoms with Crippen LogP contribution in [0, 0.1) is 18.6 Å². The van der Waals surface area contributed by atoms with Gasteiger partial charge < -0.3 is 24.4 Å². The third-order valence-corrected chi connectivity index (χ3v) is 7.45. The average Bonchev–Trinajstić information content (AvgIpc) is 3.33. The maximum absolute atomic E-state index is 15.0. The van der Waals surface area contributed by atoms with Crippen molar-refractivity contribution >= 4 is 17.6 Å². The van der Waals surface area contributed by atoms with Crippen LogP contribution in [0.3, 0.4) is 0 Å². The lowest BCUT2D eigenvalue weighted by Gasteiger charge is -2.34. The van der Waals surface area contributed by atoms with E-state index in [0.717, 1.165) is 29.3 Å². The summed E-state index contributed by atoms with van der Waals surface area (Å²) in [5.74, 6) is -0.970. The van der Waals surface area contributed by atoms with Crippen LogP contribution >= 0.6 is 0 Å². The molecular weight excluding hydrogens is 526 g/mol. The molecule has 1 saturated heterocycles. The number of anilines is 1. The molecule has 4 aromatic rings. The Balaban J connectivity index is 1.38. The summed E-state index contributed by atoms with van der Waals surface area (Å²) < 4.78 is 35.6. The molecule has 0 bridgehead atoms. The highest BCUT2D eigenvalue weighted by Crippen LogP contribution is 2.32. The van der Waals surface area contributed by atoms with Crippen molar-refractivity contribution in [1.82, 2.24) is 14.4 Å². The third-order valence-electron chi connectivity index (χ3n) is 7.45. The molecule has 0 radical (unpaired) electrons. The number of benzene rings is 3. The first-order valence-electron chi connectivity index (χ1n) is 13.6. The van der Waals surface area contributed by atoms with Crippen molar-refractivity contribution in [2.75, 3.05) is 38.6 Å². The molecule has 212 valence electrons. The van der Waals surface area contributed by atoms with Crippen LogP contribution in [0.15, 0.2) is 72.8 Å². The molecule has 1 fully saturated rings. The van der Waals surface area contributed by atoms with Gasteiger partial charge in [0.25, 0.3) is 5.91 Å². The Kier molecular flexibility index (Phi) is 8.05. The minimum Gasteiger partial charge on any atom is -0.497 e. The molecule has 0 aliphatic carbocycles. The van der Waals surface area contributed by atoms with Crippen LogP contribution in [0.2, 0.25) is 0 Å². The Labute approximate surface area is 238 Å². The predicted molar refractivity (Wildman–Crippen MR) is 155 cm³/mol. The van der Waals surface area contributed by atoms with Crippen LogP contribution in [0.4, 0.5) is 19.3 Å². The van der Waals surface area contributed by atoms with E-state index in [4.69, 9.17) is 4.74 Å².